The summed E-state index contributed by atoms with van der Waals surface area (Å²) in [5.74, 6) is 0.820. The van der Waals surface area contributed by atoms with Gasteiger partial charge in [-0.15, -0.1) is 10.2 Å². The van der Waals surface area contributed by atoms with Crippen molar-refractivity contribution in [1.29, 1.82) is 0 Å². The van der Waals surface area contributed by atoms with E-state index in [0.717, 1.165) is 22.1 Å². The van der Waals surface area contributed by atoms with Gasteiger partial charge in [-0.1, -0.05) is 47.5 Å². The van der Waals surface area contributed by atoms with Gasteiger partial charge in [-0.3, -0.25) is 0 Å². The normalized spacial score (nSPS) is 10.8. The predicted molar refractivity (Wildman–Crippen MR) is 84.0 cm³/mol. The van der Waals surface area contributed by atoms with Crippen molar-refractivity contribution in [3.05, 3.63) is 46.6 Å². The average molecular weight is 320 g/mol. The fourth-order valence-corrected chi connectivity index (χ4v) is 2.52. The van der Waals surface area contributed by atoms with Crippen LogP contribution in [0.2, 0.25) is 10.2 Å². The highest BCUT2D eigenvalue weighted by atomic mass is 35.5. The Kier molecular flexibility index (Phi) is 3.90. The largest absolute Gasteiger partial charge is 0.493 e. The Morgan fingerprint density at radius 3 is 2.52 bits per heavy atom. The molecule has 21 heavy (non-hydrogen) atoms. The van der Waals surface area contributed by atoms with E-state index >= 15 is 0 Å². The van der Waals surface area contributed by atoms with Crippen molar-refractivity contribution < 1.29 is 4.74 Å². The van der Waals surface area contributed by atoms with Crippen LogP contribution in [0.3, 0.4) is 0 Å². The molecule has 2 aromatic carbocycles. The molecule has 0 saturated carbocycles. The van der Waals surface area contributed by atoms with Crippen LogP contribution in [0.25, 0.3) is 22.0 Å². The van der Waals surface area contributed by atoms with Crippen LogP contribution in [0, 0.1) is 0 Å². The van der Waals surface area contributed by atoms with E-state index in [1.54, 1.807) is 0 Å². The lowest BCUT2D eigenvalue weighted by atomic mass is 10.0. The van der Waals surface area contributed by atoms with Gasteiger partial charge in [0.2, 0.25) is 0 Å². The molecule has 0 aliphatic carbocycles. The van der Waals surface area contributed by atoms with Gasteiger partial charge in [0, 0.05) is 10.9 Å². The van der Waals surface area contributed by atoms with Crippen LogP contribution in [-0.2, 0) is 0 Å². The summed E-state index contributed by atoms with van der Waals surface area (Å²) in [7, 11) is 0. The highest BCUT2D eigenvalue weighted by molar-refractivity contribution is 6.42. The first-order chi connectivity index (χ1) is 10.2. The number of aromatic nitrogens is 3. The second kappa shape index (κ2) is 5.84. The molecule has 0 spiro atoms. The van der Waals surface area contributed by atoms with E-state index in [0.29, 0.717) is 17.3 Å². The smallest absolute Gasteiger partial charge is 0.174 e. The zero-order valence-corrected chi connectivity index (χ0v) is 12.7. The van der Waals surface area contributed by atoms with E-state index in [1.165, 1.54) is 0 Å². The van der Waals surface area contributed by atoms with Crippen molar-refractivity contribution in [2.75, 3.05) is 6.61 Å². The second-order valence-electron chi connectivity index (χ2n) is 4.33. The summed E-state index contributed by atoms with van der Waals surface area (Å²) < 4.78 is 5.66. The molecule has 1 heterocycles. The van der Waals surface area contributed by atoms with Gasteiger partial charge in [0.25, 0.3) is 0 Å². The first-order valence-electron chi connectivity index (χ1n) is 6.41. The van der Waals surface area contributed by atoms with Crippen molar-refractivity contribution in [3.63, 3.8) is 0 Å². The van der Waals surface area contributed by atoms with Crippen LogP contribution in [0.15, 0.2) is 36.4 Å². The Hall–Kier alpha value is -1.91. The standard InChI is InChI=1S/C15H11Cl2N3O/c1-2-21-12-8-7-11(9-5-3-4-6-10(9)12)14-13(16)15(17)19-20-18-14/h3-8H,2H2,1H3. The fourth-order valence-electron chi connectivity index (χ4n) is 2.22. The quantitative estimate of drug-likeness (QED) is 0.718. The third-order valence-corrected chi connectivity index (χ3v) is 3.82. The van der Waals surface area contributed by atoms with Crippen molar-refractivity contribution in [1.82, 2.24) is 15.4 Å². The third kappa shape index (κ3) is 2.52. The number of halogens is 2. The molecule has 3 rings (SSSR count). The molecular formula is C15H11Cl2N3O. The summed E-state index contributed by atoms with van der Waals surface area (Å²) in [6, 6.07) is 11.7. The molecule has 0 atom stereocenters. The summed E-state index contributed by atoms with van der Waals surface area (Å²) >= 11 is 12.1. The van der Waals surface area contributed by atoms with Crippen LogP contribution in [0.4, 0.5) is 0 Å². The lowest BCUT2D eigenvalue weighted by molar-refractivity contribution is 0.344. The Morgan fingerprint density at radius 2 is 1.76 bits per heavy atom. The topological polar surface area (TPSA) is 47.9 Å². The number of hydrogen-bond donors (Lipinski definition) is 0. The zero-order valence-electron chi connectivity index (χ0n) is 11.2. The number of rotatable bonds is 3. The van der Waals surface area contributed by atoms with Crippen LogP contribution < -0.4 is 4.74 Å². The van der Waals surface area contributed by atoms with Crippen LogP contribution >= 0.6 is 23.2 Å². The maximum Gasteiger partial charge on any atom is 0.174 e. The van der Waals surface area contributed by atoms with Crippen LogP contribution in [0.1, 0.15) is 6.92 Å². The van der Waals surface area contributed by atoms with Crippen molar-refractivity contribution in [2.24, 2.45) is 0 Å². The molecule has 106 valence electrons. The zero-order chi connectivity index (χ0) is 14.8. The maximum atomic E-state index is 6.20. The highest BCUT2D eigenvalue weighted by Crippen LogP contribution is 2.37. The number of ether oxygens (including phenoxy) is 1. The highest BCUT2D eigenvalue weighted by Gasteiger charge is 2.15. The minimum Gasteiger partial charge on any atom is -0.493 e. The molecule has 0 unspecified atom stereocenters. The molecule has 0 bridgehead atoms. The van der Waals surface area contributed by atoms with E-state index in [2.05, 4.69) is 15.4 Å². The van der Waals surface area contributed by atoms with Gasteiger partial charge >= 0.3 is 0 Å². The lowest BCUT2D eigenvalue weighted by Crippen LogP contribution is -1.96. The SMILES string of the molecule is CCOc1ccc(-c2nnnc(Cl)c2Cl)c2ccccc12. The maximum absolute atomic E-state index is 6.20. The molecule has 1 aromatic heterocycles. The molecule has 0 amide bonds. The summed E-state index contributed by atoms with van der Waals surface area (Å²) in [5.41, 5.74) is 1.35. The van der Waals surface area contributed by atoms with Gasteiger partial charge in [0.15, 0.2) is 5.15 Å². The first kappa shape index (κ1) is 14.0. The summed E-state index contributed by atoms with van der Waals surface area (Å²) in [4.78, 5) is 0. The summed E-state index contributed by atoms with van der Waals surface area (Å²) in [6.07, 6.45) is 0. The number of nitrogens with zero attached hydrogens (tertiary/aromatic N) is 3. The van der Waals surface area contributed by atoms with Gasteiger partial charge in [-0.25, -0.2) is 0 Å². The third-order valence-electron chi connectivity index (χ3n) is 3.11. The van der Waals surface area contributed by atoms with Gasteiger partial charge in [0.05, 0.1) is 6.61 Å². The van der Waals surface area contributed by atoms with Gasteiger partial charge in [-0.2, -0.15) is 0 Å². The van der Waals surface area contributed by atoms with Crippen LogP contribution in [-0.4, -0.2) is 22.0 Å². The van der Waals surface area contributed by atoms with Crippen LogP contribution in [0.5, 0.6) is 5.75 Å². The minimum atomic E-state index is 0.139. The monoisotopic (exact) mass is 319 g/mol. The van der Waals surface area contributed by atoms with Gasteiger partial charge in [-0.05, 0) is 29.7 Å². The Morgan fingerprint density at radius 1 is 1.00 bits per heavy atom. The van der Waals surface area contributed by atoms with E-state index in [-0.39, 0.29) is 5.15 Å². The molecule has 0 fully saturated rings. The first-order valence-corrected chi connectivity index (χ1v) is 7.17. The van der Waals surface area contributed by atoms with Crippen molar-refractivity contribution in [2.45, 2.75) is 6.92 Å². The van der Waals surface area contributed by atoms with E-state index in [4.69, 9.17) is 27.9 Å². The lowest BCUT2D eigenvalue weighted by Gasteiger charge is -2.11. The summed E-state index contributed by atoms with van der Waals surface area (Å²) in [6.45, 7) is 2.55. The molecule has 0 aliphatic heterocycles. The minimum absolute atomic E-state index is 0.139. The van der Waals surface area contributed by atoms with Crippen molar-refractivity contribution in [3.8, 4) is 17.0 Å². The number of hydrogen-bond acceptors (Lipinski definition) is 4. The van der Waals surface area contributed by atoms with E-state index in [1.807, 2.05) is 43.3 Å². The average Bonchev–Trinajstić information content (AvgIpc) is 2.51. The molecule has 6 heteroatoms. The molecule has 4 nitrogen and oxygen atoms in total. The van der Waals surface area contributed by atoms with Gasteiger partial charge < -0.3 is 4.74 Å². The Bertz CT molecular complexity index is 808. The molecule has 3 aromatic rings. The number of benzene rings is 2. The summed E-state index contributed by atoms with van der Waals surface area (Å²) in [5, 5.41) is 13.7. The molecule has 0 radical (unpaired) electrons. The molecule has 0 N–H and O–H groups in total. The Balaban J connectivity index is 2.29. The Labute approximate surface area is 131 Å². The molecule has 0 saturated heterocycles. The molecular weight excluding hydrogens is 309 g/mol. The van der Waals surface area contributed by atoms with E-state index < -0.39 is 0 Å². The number of fused-ring (bicyclic) bond motifs is 1. The predicted octanol–water partition coefficient (Wildman–Crippen LogP) is 4.40. The second-order valence-corrected chi connectivity index (χ2v) is 5.07. The fraction of sp³-hybridized carbons (Fsp3) is 0.133. The van der Waals surface area contributed by atoms with Gasteiger partial charge in [0.1, 0.15) is 16.5 Å². The van der Waals surface area contributed by atoms with Crippen molar-refractivity contribution >= 4 is 34.0 Å². The van der Waals surface area contributed by atoms with E-state index in [9.17, 15) is 0 Å². The molecule has 0 aliphatic rings.